The third kappa shape index (κ3) is 7.31. The Morgan fingerprint density at radius 2 is 1.95 bits per heavy atom. The molecule has 228 valence electrons. The van der Waals surface area contributed by atoms with Crippen LogP contribution in [0.25, 0.3) is 11.3 Å². The van der Waals surface area contributed by atoms with Crippen LogP contribution in [0.1, 0.15) is 64.0 Å². The number of ether oxygens (including phenoxy) is 2. The van der Waals surface area contributed by atoms with Crippen molar-refractivity contribution in [2.45, 2.75) is 59.4 Å². The first-order valence-electron chi connectivity index (χ1n) is 14.7. The van der Waals surface area contributed by atoms with Gasteiger partial charge in [0.1, 0.15) is 6.61 Å². The molecule has 0 radical (unpaired) electrons. The molecule has 3 aromatic heterocycles. The van der Waals surface area contributed by atoms with Crippen molar-refractivity contribution in [3.05, 3.63) is 30.6 Å². The number of imidazole rings is 1. The Morgan fingerprint density at radius 3 is 2.58 bits per heavy atom. The molecule has 1 unspecified atom stereocenters. The fraction of sp³-hybridized carbons (Fsp3) is 0.567. The Hall–Kier alpha value is -4.47. The molecule has 3 N–H and O–H groups in total. The highest BCUT2D eigenvalue weighted by Gasteiger charge is 2.44. The molecule has 5 rings (SSSR count). The number of nitrogens with zero attached hydrogens (tertiary/aromatic N) is 8. The summed E-state index contributed by atoms with van der Waals surface area (Å²) in [5.41, 5.74) is 7.11. The molecule has 0 bridgehead atoms. The van der Waals surface area contributed by atoms with Gasteiger partial charge in [0.15, 0.2) is 11.6 Å². The molecule has 0 aromatic carbocycles. The first-order valence-corrected chi connectivity index (χ1v) is 14.7. The van der Waals surface area contributed by atoms with Gasteiger partial charge in [-0.3, -0.25) is 4.79 Å². The van der Waals surface area contributed by atoms with Crippen molar-refractivity contribution < 1.29 is 14.3 Å². The van der Waals surface area contributed by atoms with Crippen molar-refractivity contribution >= 4 is 17.7 Å². The van der Waals surface area contributed by atoms with E-state index in [0.717, 1.165) is 36.9 Å². The molecule has 2 aliphatic rings. The Balaban J connectivity index is 1.24. The van der Waals surface area contributed by atoms with E-state index < -0.39 is 5.41 Å². The second-order valence-corrected chi connectivity index (χ2v) is 12.8. The number of anilines is 2. The van der Waals surface area contributed by atoms with Gasteiger partial charge >= 0.3 is 6.01 Å². The van der Waals surface area contributed by atoms with Crippen molar-refractivity contribution in [3.63, 3.8) is 0 Å². The van der Waals surface area contributed by atoms with Gasteiger partial charge in [0, 0.05) is 44.1 Å². The van der Waals surface area contributed by atoms with Gasteiger partial charge in [0.2, 0.25) is 11.8 Å². The van der Waals surface area contributed by atoms with E-state index >= 15 is 0 Å². The molecule has 4 heterocycles. The molecule has 1 atom stereocenters. The molecular weight excluding hydrogens is 548 g/mol. The summed E-state index contributed by atoms with van der Waals surface area (Å²) in [6.45, 7) is 10.1. The second kappa shape index (κ2) is 12.0. The maximum atomic E-state index is 13.1. The van der Waals surface area contributed by atoms with Crippen LogP contribution in [0.3, 0.4) is 0 Å². The minimum absolute atomic E-state index is 0.000811. The fourth-order valence-electron chi connectivity index (χ4n) is 4.55. The van der Waals surface area contributed by atoms with E-state index in [9.17, 15) is 10.1 Å². The number of carbonyl (C=O) groups is 1. The summed E-state index contributed by atoms with van der Waals surface area (Å²) >= 11 is 0. The minimum atomic E-state index is -0.496. The van der Waals surface area contributed by atoms with E-state index in [4.69, 9.17) is 15.2 Å². The van der Waals surface area contributed by atoms with Gasteiger partial charge < -0.3 is 30.0 Å². The van der Waals surface area contributed by atoms with Crippen molar-refractivity contribution in [2.75, 3.05) is 36.9 Å². The van der Waals surface area contributed by atoms with Crippen molar-refractivity contribution in [1.82, 2.24) is 34.8 Å². The number of amides is 1. The maximum Gasteiger partial charge on any atom is 0.322 e. The predicted molar refractivity (Wildman–Crippen MR) is 160 cm³/mol. The van der Waals surface area contributed by atoms with Crippen LogP contribution in [0.5, 0.6) is 11.8 Å². The van der Waals surface area contributed by atoms with E-state index in [1.807, 2.05) is 35.7 Å². The summed E-state index contributed by atoms with van der Waals surface area (Å²) in [5.74, 6) is 1.16. The standard InChI is InChI=1S/C30H40N10O3/c1-19(29(2,3)4)35-26(41)25-36-27(38-28(37-25)43-17-30(16-31)8-9-30)40-10-6-20(7-11-40)15-42-23-12-21(13-33-24(23)32)22-14-39(5)18-34-22/h12-14,18-20H,6-11,15,17H2,1-5H3,(H2,32,33)(H,35,41). The van der Waals surface area contributed by atoms with Crippen LogP contribution in [0.2, 0.25) is 0 Å². The van der Waals surface area contributed by atoms with E-state index in [2.05, 4.69) is 57.1 Å². The number of nitriles is 1. The average Bonchev–Trinajstić information content (AvgIpc) is 3.65. The monoisotopic (exact) mass is 588 g/mol. The molecule has 43 heavy (non-hydrogen) atoms. The molecule has 1 saturated heterocycles. The summed E-state index contributed by atoms with van der Waals surface area (Å²) in [6.07, 6.45) is 8.56. The van der Waals surface area contributed by atoms with Crippen molar-refractivity contribution in [3.8, 4) is 29.1 Å². The zero-order chi connectivity index (χ0) is 30.8. The molecule has 13 heteroatoms. The van der Waals surface area contributed by atoms with Gasteiger partial charge in [-0.15, -0.1) is 0 Å². The quantitative estimate of drug-likeness (QED) is 0.356. The van der Waals surface area contributed by atoms with Crippen molar-refractivity contribution in [2.24, 2.45) is 23.8 Å². The summed E-state index contributed by atoms with van der Waals surface area (Å²) < 4.78 is 13.8. The molecule has 3 aromatic rings. The molecule has 1 saturated carbocycles. The number of nitrogens with two attached hydrogens (primary N) is 1. The zero-order valence-corrected chi connectivity index (χ0v) is 25.5. The SMILES string of the molecule is CC(NC(=O)c1nc(OCC2(C#N)CC2)nc(N2CCC(COc3cc(-c4cn(C)cn4)cnc3N)CC2)n1)C(C)(C)C. The third-order valence-corrected chi connectivity index (χ3v) is 8.28. The lowest BCUT2D eigenvalue weighted by Gasteiger charge is -2.32. The van der Waals surface area contributed by atoms with Crippen LogP contribution >= 0.6 is 0 Å². The number of carbonyl (C=O) groups excluding carboxylic acids is 1. The van der Waals surface area contributed by atoms with Crippen LogP contribution in [-0.4, -0.2) is 67.7 Å². The lowest BCUT2D eigenvalue weighted by atomic mass is 9.88. The predicted octanol–water partition coefficient (Wildman–Crippen LogP) is 3.39. The number of aryl methyl sites for hydroxylation is 1. The van der Waals surface area contributed by atoms with Crippen LogP contribution in [0, 0.1) is 28.1 Å². The van der Waals surface area contributed by atoms with Gasteiger partial charge in [-0.05, 0) is 50.0 Å². The second-order valence-electron chi connectivity index (χ2n) is 12.8. The van der Waals surface area contributed by atoms with Crippen LogP contribution in [0.15, 0.2) is 24.8 Å². The average molecular weight is 589 g/mol. The number of aromatic nitrogens is 6. The first kappa shape index (κ1) is 30.0. The van der Waals surface area contributed by atoms with E-state index in [-0.39, 0.29) is 41.7 Å². The highest BCUT2D eigenvalue weighted by molar-refractivity contribution is 5.91. The Morgan fingerprint density at radius 1 is 1.21 bits per heavy atom. The van der Waals surface area contributed by atoms with E-state index in [1.165, 1.54) is 0 Å². The number of rotatable bonds is 10. The van der Waals surface area contributed by atoms with Gasteiger partial charge in [0.05, 0.1) is 30.1 Å². The maximum absolute atomic E-state index is 13.1. The van der Waals surface area contributed by atoms with Gasteiger partial charge in [-0.2, -0.15) is 20.2 Å². The highest BCUT2D eigenvalue weighted by atomic mass is 16.5. The smallest absolute Gasteiger partial charge is 0.322 e. The van der Waals surface area contributed by atoms with Gasteiger partial charge in [0.25, 0.3) is 5.91 Å². The topological polar surface area (TPSA) is 170 Å². The third-order valence-electron chi connectivity index (χ3n) is 8.28. The normalized spacial score (nSPS) is 17.2. The molecule has 0 spiro atoms. The van der Waals surface area contributed by atoms with Crippen LogP contribution < -0.4 is 25.4 Å². The van der Waals surface area contributed by atoms with E-state index in [1.54, 1.807) is 12.5 Å². The first-order chi connectivity index (χ1) is 20.4. The summed E-state index contributed by atoms with van der Waals surface area (Å²) in [5, 5.41) is 12.4. The van der Waals surface area contributed by atoms with Gasteiger partial charge in [-0.1, -0.05) is 20.8 Å². The number of piperidine rings is 1. The molecule has 1 aliphatic carbocycles. The highest BCUT2D eigenvalue weighted by Crippen LogP contribution is 2.45. The summed E-state index contributed by atoms with van der Waals surface area (Å²) in [6, 6.07) is 4.13. The fourth-order valence-corrected chi connectivity index (χ4v) is 4.55. The Bertz CT molecular complexity index is 1500. The molecule has 1 aliphatic heterocycles. The lowest BCUT2D eigenvalue weighted by molar-refractivity contribution is 0.0897. The summed E-state index contributed by atoms with van der Waals surface area (Å²) in [7, 11) is 1.91. The molecule has 13 nitrogen and oxygen atoms in total. The number of pyridine rings is 1. The largest absolute Gasteiger partial charge is 0.489 e. The number of nitrogens with one attached hydrogen (secondary N) is 1. The van der Waals surface area contributed by atoms with Crippen molar-refractivity contribution in [1.29, 1.82) is 5.26 Å². The molecular formula is C30H40N10O3. The zero-order valence-electron chi connectivity index (χ0n) is 25.5. The van der Waals surface area contributed by atoms with Crippen LogP contribution in [0.4, 0.5) is 11.8 Å². The molecule has 1 amide bonds. The van der Waals surface area contributed by atoms with Gasteiger partial charge in [-0.25, -0.2) is 9.97 Å². The summed E-state index contributed by atoms with van der Waals surface area (Å²) in [4.78, 5) is 37.2. The number of nitrogen functional groups attached to an aromatic ring is 1. The number of hydrogen-bond donors (Lipinski definition) is 2. The van der Waals surface area contributed by atoms with Crippen LogP contribution in [-0.2, 0) is 7.05 Å². The van der Waals surface area contributed by atoms with E-state index in [0.29, 0.717) is 37.2 Å². The lowest BCUT2D eigenvalue weighted by Crippen LogP contribution is -2.42. The Labute approximate surface area is 251 Å². The Kier molecular flexibility index (Phi) is 8.39. The minimum Gasteiger partial charge on any atom is -0.489 e. The number of hydrogen-bond acceptors (Lipinski definition) is 11. The molecule has 2 fully saturated rings.